The number of benzene rings is 1. The van der Waals surface area contributed by atoms with Crippen molar-refractivity contribution < 1.29 is 9.53 Å². The Hall–Kier alpha value is -1.82. The lowest BCUT2D eigenvalue weighted by Crippen LogP contribution is -2.15. The van der Waals surface area contributed by atoms with Gasteiger partial charge in [0.1, 0.15) is 11.6 Å². The summed E-state index contributed by atoms with van der Waals surface area (Å²) in [7, 11) is 1.38. The molecular formula is C12H13N3O2S. The lowest BCUT2D eigenvalue weighted by Gasteiger charge is -2.09. The largest absolute Gasteiger partial charge is 0.468 e. The van der Waals surface area contributed by atoms with Gasteiger partial charge in [0.15, 0.2) is 5.16 Å². The summed E-state index contributed by atoms with van der Waals surface area (Å²) in [5, 5.41) is 8.24. The van der Waals surface area contributed by atoms with Gasteiger partial charge in [-0.3, -0.25) is 9.36 Å². The minimum atomic E-state index is -0.318. The zero-order chi connectivity index (χ0) is 13.0. The van der Waals surface area contributed by atoms with Crippen LogP contribution in [0, 0.1) is 0 Å². The van der Waals surface area contributed by atoms with Crippen molar-refractivity contribution in [1.29, 1.82) is 0 Å². The molecule has 2 rings (SSSR count). The van der Waals surface area contributed by atoms with E-state index < -0.39 is 0 Å². The SMILES string of the molecule is COC(=O)C(C)Sc1nncn1-c1ccccc1. The summed E-state index contributed by atoms with van der Waals surface area (Å²) in [6, 6.07) is 9.73. The summed E-state index contributed by atoms with van der Waals surface area (Å²) < 4.78 is 6.53. The van der Waals surface area contributed by atoms with Gasteiger partial charge in [-0.2, -0.15) is 0 Å². The second kappa shape index (κ2) is 5.68. The molecule has 0 aliphatic carbocycles. The molecule has 1 aromatic heterocycles. The van der Waals surface area contributed by atoms with Crippen LogP contribution in [-0.2, 0) is 9.53 Å². The third-order valence-corrected chi connectivity index (χ3v) is 3.40. The van der Waals surface area contributed by atoms with E-state index in [1.807, 2.05) is 34.9 Å². The van der Waals surface area contributed by atoms with Crippen LogP contribution in [0.4, 0.5) is 0 Å². The summed E-state index contributed by atoms with van der Waals surface area (Å²) >= 11 is 1.32. The van der Waals surface area contributed by atoms with Gasteiger partial charge < -0.3 is 4.74 Å². The first-order valence-electron chi connectivity index (χ1n) is 5.42. The summed E-state index contributed by atoms with van der Waals surface area (Å²) in [6.45, 7) is 1.78. The summed E-state index contributed by atoms with van der Waals surface area (Å²) in [5.41, 5.74) is 0.960. The van der Waals surface area contributed by atoms with Gasteiger partial charge in [-0.15, -0.1) is 10.2 Å². The zero-order valence-corrected chi connectivity index (χ0v) is 10.9. The van der Waals surface area contributed by atoms with Gasteiger partial charge in [-0.25, -0.2) is 0 Å². The number of ether oxygens (including phenoxy) is 1. The monoisotopic (exact) mass is 263 g/mol. The van der Waals surface area contributed by atoms with E-state index in [2.05, 4.69) is 14.9 Å². The van der Waals surface area contributed by atoms with Crippen LogP contribution in [0.1, 0.15) is 6.92 Å². The minimum absolute atomic E-state index is 0.275. The van der Waals surface area contributed by atoms with E-state index in [4.69, 9.17) is 0 Å². The number of esters is 1. The molecule has 0 saturated carbocycles. The van der Waals surface area contributed by atoms with Crippen LogP contribution in [0.5, 0.6) is 0 Å². The van der Waals surface area contributed by atoms with Crippen LogP contribution in [0.25, 0.3) is 5.69 Å². The third-order valence-electron chi connectivity index (χ3n) is 2.37. The van der Waals surface area contributed by atoms with Gasteiger partial charge in [0.2, 0.25) is 0 Å². The van der Waals surface area contributed by atoms with Crippen molar-refractivity contribution in [2.75, 3.05) is 7.11 Å². The molecule has 0 radical (unpaired) electrons. The Morgan fingerprint density at radius 2 is 2.11 bits per heavy atom. The molecule has 0 saturated heterocycles. The first-order chi connectivity index (χ1) is 8.72. The van der Waals surface area contributed by atoms with Gasteiger partial charge >= 0.3 is 5.97 Å². The van der Waals surface area contributed by atoms with Crippen LogP contribution in [0.2, 0.25) is 0 Å². The Labute approximate surface area is 109 Å². The van der Waals surface area contributed by atoms with E-state index in [0.717, 1.165) is 5.69 Å². The highest BCUT2D eigenvalue weighted by atomic mass is 32.2. The van der Waals surface area contributed by atoms with E-state index in [-0.39, 0.29) is 11.2 Å². The fourth-order valence-corrected chi connectivity index (χ4v) is 2.31. The topological polar surface area (TPSA) is 57.0 Å². The number of hydrogen-bond acceptors (Lipinski definition) is 5. The van der Waals surface area contributed by atoms with Crippen molar-refractivity contribution in [3.63, 3.8) is 0 Å². The third kappa shape index (κ3) is 2.70. The first kappa shape index (κ1) is 12.6. The second-order valence-corrected chi connectivity index (χ2v) is 4.91. The first-order valence-corrected chi connectivity index (χ1v) is 6.30. The second-order valence-electron chi connectivity index (χ2n) is 3.60. The van der Waals surface area contributed by atoms with Crippen LogP contribution in [0.15, 0.2) is 41.8 Å². The Kier molecular flexibility index (Phi) is 3.99. The number of carbonyl (C=O) groups is 1. The molecule has 6 heteroatoms. The number of carbonyl (C=O) groups excluding carboxylic acids is 1. The molecule has 0 amide bonds. The van der Waals surface area contributed by atoms with E-state index in [1.165, 1.54) is 18.9 Å². The fraction of sp³-hybridized carbons (Fsp3) is 0.250. The summed E-state index contributed by atoms with van der Waals surface area (Å²) in [6.07, 6.45) is 1.63. The molecule has 0 spiro atoms. The number of nitrogens with zero attached hydrogens (tertiary/aromatic N) is 3. The van der Waals surface area contributed by atoms with Gasteiger partial charge in [-0.1, -0.05) is 30.0 Å². The van der Waals surface area contributed by atoms with Gasteiger partial charge in [0.25, 0.3) is 0 Å². The average molecular weight is 263 g/mol. The average Bonchev–Trinajstić information content (AvgIpc) is 2.86. The lowest BCUT2D eigenvalue weighted by molar-refractivity contribution is -0.139. The Morgan fingerprint density at radius 3 is 2.78 bits per heavy atom. The van der Waals surface area contributed by atoms with E-state index in [1.54, 1.807) is 13.3 Å². The highest BCUT2D eigenvalue weighted by Crippen LogP contribution is 2.24. The predicted octanol–water partition coefficient (Wildman–Crippen LogP) is 1.92. The number of para-hydroxylation sites is 1. The molecule has 0 aliphatic rings. The highest BCUT2D eigenvalue weighted by molar-refractivity contribution is 8.00. The Morgan fingerprint density at radius 1 is 1.39 bits per heavy atom. The fourth-order valence-electron chi connectivity index (χ4n) is 1.44. The van der Waals surface area contributed by atoms with Crippen molar-refractivity contribution >= 4 is 17.7 Å². The van der Waals surface area contributed by atoms with E-state index in [9.17, 15) is 4.79 Å². The van der Waals surface area contributed by atoms with Gasteiger partial charge in [0.05, 0.1) is 7.11 Å². The van der Waals surface area contributed by atoms with Crippen molar-refractivity contribution in [3.8, 4) is 5.69 Å². The van der Waals surface area contributed by atoms with Crippen LogP contribution in [-0.4, -0.2) is 33.1 Å². The molecule has 94 valence electrons. The smallest absolute Gasteiger partial charge is 0.318 e. The number of thioether (sulfide) groups is 1. The Bertz CT molecular complexity index is 527. The Balaban J connectivity index is 2.21. The molecule has 0 N–H and O–H groups in total. The summed E-state index contributed by atoms with van der Waals surface area (Å²) in [4.78, 5) is 11.4. The van der Waals surface area contributed by atoms with E-state index >= 15 is 0 Å². The molecule has 18 heavy (non-hydrogen) atoms. The van der Waals surface area contributed by atoms with Crippen LogP contribution >= 0.6 is 11.8 Å². The summed E-state index contributed by atoms with van der Waals surface area (Å²) in [5.74, 6) is -0.275. The van der Waals surface area contributed by atoms with Crippen molar-refractivity contribution in [2.45, 2.75) is 17.3 Å². The van der Waals surface area contributed by atoms with Crippen LogP contribution in [0.3, 0.4) is 0 Å². The standard InChI is InChI=1S/C12H13N3O2S/c1-9(11(16)17-2)18-12-14-13-8-15(12)10-6-4-3-5-7-10/h3-9H,1-2H3. The van der Waals surface area contributed by atoms with Gasteiger partial charge in [0, 0.05) is 5.69 Å². The maximum absolute atomic E-state index is 11.4. The molecule has 0 aliphatic heterocycles. The number of aromatic nitrogens is 3. The molecule has 2 aromatic rings. The highest BCUT2D eigenvalue weighted by Gasteiger charge is 2.18. The number of methoxy groups -OCH3 is 1. The maximum atomic E-state index is 11.4. The molecule has 1 unspecified atom stereocenters. The molecule has 0 fully saturated rings. The van der Waals surface area contributed by atoms with Crippen LogP contribution < -0.4 is 0 Å². The quantitative estimate of drug-likeness (QED) is 0.623. The number of hydrogen-bond donors (Lipinski definition) is 0. The van der Waals surface area contributed by atoms with Crippen molar-refractivity contribution in [1.82, 2.24) is 14.8 Å². The molecule has 1 heterocycles. The van der Waals surface area contributed by atoms with E-state index in [0.29, 0.717) is 5.16 Å². The maximum Gasteiger partial charge on any atom is 0.318 e. The molecule has 1 aromatic carbocycles. The molecule has 5 nitrogen and oxygen atoms in total. The van der Waals surface area contributed by atoms with Crippen molar-refractivity contribution in [2.24, 2.45) is 0 Å². The predicted molar refractivity (Wildman–Crippen MR) is 68.7 cm³/mol. The number of rotatable bonds is 4. The molecular weight excluding hydrogens is 250 g/mol. The molecule has 0 bridgehead atoms. The minimum Gasteiger partial charge on any atom is -0.468 e. The van der Waals surface area contributed by atoms with Crippen molar-refractivity contribution in [3.05, 3.63) is 36.7 Å². The normalized spacial score (nSPS) is 12.1. The molecule has 1 atom stereocenters. The lowest BCUT2D eigenvalue weighted by atomic mass is 10.3. The van der Waals surface area contributed by atoms with Gasteiger partial charge in [-0.05, 0) is 19.1 Å². The zero-order valence-electron chi connectivity index (χ0n) is 10.1.